The van der Waals surface area contributed by atoms with Gasteiger partial charge in [0.05, 0.1) is 11.7 Å². The third-order valence-electron chi connectivity index (χ3n) is 3.36. The van der Waals surface area contributed by atoms with Crippen LogP contribution in [0, 0.1) is 11.7 Å². The predicted molar refractivity (Wildman–Crippen MR) is 82.7 cm³/mol. The van der Waals surface area contributed by atoms with Crippen molar-refractivity contribution < 1.29 is 19.1 Å². The molecule has 1 heterocycles. The van der Waals surface area contributed by atoms with E-state index in [0.717, 1.165) is 6.07 Å². The fourth-order valence-electron chi connectivity index (χ4n) is 2.23. The van der Waals surface area contributed by atoms with E-state index in [1.807, 2.05) is 0 Å². The van der Waals surface area contributed by atoms with Gasteiger partial charge in [-0.1, -0.05) is 0 Å². The minimum Gasteiger partial charge on any atom is -0.391 e. The summed E-state index contributed by atoms with van der Waals surface area (Å²) in [5.41, 5.74) is 0.221. The van der Waals surface area contributed by atoms with Crippen LogP contribution in [0.15, 0.2) is 18.2 Å². The van der Waals surface area contributed by atoms with Crippen molar-refractivity contribution in [2.45, 2.75) is 13.0 Å². The molecule has 1 aromatic carbocycles. The van der Waals surface area contributed by atoms with Gasteiger partial charge in [-0.15, -0.1) is 12.4 Å². The molecule has 0 spiro atoms. The SMILES string of the molecule is CC(=O)Nc1ccc(F)c(C(=O)NCC2CNCC2O)c1.Cl. The Kier molecular flexibility index (Phi) is 6.73. The summed E-state index contributed by atoms with van der Waals surface area (Å²) >= 11 is 0. The van der Waals surface area contributed by atoms with Crippen LogP contribution in [0.1, 0.15) is 17.3 Å². The molecule has 2 atom stereocenters. The van der Waals surface area contributed by atoms with Crippen molar-refractivity contribution in [3.8, 4) is 0 Å². The van der Waals surface area contributed by atoms with Crippen molar-refractivity contribution in [2.24, 2.45) is 5.92 Å². The van der Waals surface area contributed by atoms with Crippen LogP contribution in [0.5, 0.6) is 0 Å². The Morgan fingerprint density at radius 1 is 1.41 bits per heavy atom. The quantitative estimate of drug-likeness (QED) is 0.647. The van der Waals surface area contributed by atoms with E-state index < -0.39 is 17.8 Å². The third-order valence-corrected chi connectivity index (χ3v) is 3.36. The van der Waals surface area contributed by atoms with Gasteiger partial charge in [-0.2, -0.15) is 0 Å². The van der Waals surface area contributed by atoms with Crippen molar-refractivity contribution in [3.63, 3.8) is 0 Å². The molecular formula is C14H19ClFN3O3. The first kappa shape index (κ1) is 18.3. The molecule has 122 valence electrons. The van der Waals surface area contributed by atoms with Gasteiger partial charge >= 0.3 is 0 Å². The number of carbonyl (C=O) groups excluding carboxylic acids is 2. The Morgan fingerprint density at radius 2 is 2.14 bits per heavy atom. The van der Waals surface area contributed by atoms with E-state index in [-0.39, 0.29) is 36.3 Å². The number of aliphatic hydroxyl groups excluding tert-OH is 1. The Morgan fingerprint density at radius 3 is 2.73 bits per heavy atom. The van der Waals surface area contributed by atoms with Gasteiger partial charge in [-0.05, 0) is 18.2 Å². The van der Waals surface area contributed by atoms with Crippen molar-refractivity contribution in [1.29, 1.82) is 0 Å². The smallest absolute Gasteiger partial charge is 0.254 e. The van der Waals surface area contributed by atoms with Gasteiger partial charge in [0.15, 0.2) is 0 Å². The van der Waals surface area contributed by atoms with E-state index in [0.29, 0.717) is 18.8 Å². The molecule has 4 N–H and O–H groups in total. The van der Waals surface area contributed by atoms with Gasteiger partial charge < -0.3 is 21.1 Å². The number of amides is 2. The molecule has 8 heteroatoms. The molecular weight excluding hydrogens is 313 g/mol. The Bertz CT molecular complexity index is 556. The van der Waals surface area contributed by atoms with E-state index in [9.17, 15) is 19.1 Å². The fourth-order valence-corrected chi connectivity index (χ4v) is 2.23. The Balaban J connectivity index is 0.00000242. The van der Waals surface area contributed by atoms with Crippen molar-refractivity contribution in [2.75, 3.05) is 25.0 Å². The highest BCUT2D eigenvalue weighted by atomic mass is 35.5. The van der Waals surface area contributed by atoms with Crippen molar-refractivity contribution in [3.05, 3.63) is 29.6 Å². The number of halogens is 2. The van der Waals surface area contributed by atoms with Gasteiger partial charge in [0.2, 0.25) is 5.91 Å². The van der Waals surface area contributed by atoms with Gasteiger partial charge in [0.25, 0.3) is 5.91 Å². The average Bonchev–Trinajstić information content (AvgIpc) is 2.83. The average molecular weight is 332 g/mol. The summed E-state index contributed by atoms with van der Waals surface area (Å²) in [5.74, 6) is -1.62. The molecule has 1 aliphatic heterocycles. The highest BCUT2D eigenvalue weighted by Gasteiger charge is 2.25. The van der Waals surface area contributed by atoms with E-state index in [1.54, 1.807) is 0 Å². The molecule has 0 aliphatic carbocycles. The second-order valence-electron chi connectivity index (χ2n) is 5.07. The zero-order chi connectivity index (χ0) is 15.4. The number of nitrogens with one attached hydrogen (secondary N) is 3. The summed E-state index contributed by atoms with van der Waals surface area (Å²) in [6, 6.07) is 3.81. The molecule has 0 aromatic heterocycles. The van der Waals surface area contributed by atoms with Crippen LogP contribution < -0.4 is 16.0 Å². The minimum atomic E-state index is -0.660. The lowest BCUT2D eigenvalue weighted by Crippen LogP contribution is -2.34. The van der Waals surface area contributed by atoms with Crippen LogP contribution in [0.4, 0.5) is 10.1 Å². The number of carbonyl (C=O) groups is 2. The van der Waals surface area contributed by atoms with Gasteiger partial charge in [0, 0.05) is 38.2 Å². The lowest BCUT2D eigenvalue weighted by Gasteiger charge is -2.14. The number of aliphatic hydroxyl groups is 1. The van der Waals surface area contributed by atoms with Crippen LogP contribution in [0.2, 0.25) is 0 Å². The maximum absolute atomic E-state index is 13.7. The summed E-state index contributed by atoms with van der Waals surface area (Å²) in [4.78, 5) is 23.0. The molecule has 0 bridgehead atoms. The van der Waals surface area contributed by atoms with Crippen molar-refractivity contribution in [1.82, 2.24) is 10.6 Å². The maximum atomic E-state index is 13.7. The molecule has 6 nitrogen and oxygen atoms in total. The minimum absolute atomic E-state index is 0. The maximum Gasteiger partial charge on any atom is 0.254 e. The molecule has 1 aromatic rings. The van der Waals surface area contributed by atoms with E-state index in [1.165, 1.54) is 19.1 Å². The second kappa shape index (κ2) is 8.07. The zero-order valence-corrected chi connectivity index (χ0v) is 12.9. The molecule has 2 unspecified atom stereocenters. The molecule has 22 heavy (non-hydrogen) atoms. The number of rotatable bonds is 4. The lowest BCUT2D eigenvalue weighted by molar-refractivity contribution is -0.114. The molecule has 2 rings (SSSR count). The van der Waals surface area contributed by atoms with E-state index >= 15 is 0 Å². The predicted octanol–water partition coefficient (Wildman–Crippen LogP) is 0.516. The molecule has 2 amide bonds. The molecule has 0 radical (unpaired) electrons. The number of hydrogen-bond acceptors (Lipinski definition) is 4. The zero-order valence-electron chi connectivity index (χ0n) is 12.1. The molecule has 1 fully saturated rings. The summed E-state index contributed by atoms with van der Waals surface area (Å²) < 4.78 is 13.7. The van der Waals surface area contributed by atoms with E-state index in [4.69, 9.17) is 0 Å². The normalized spacial score (nSPS) is 20.1. The van der Waals surface area contributed by atoms with Crippen LogP contribution in [-0.4, -0.2) is 42.7 Å². The first-order valence-electron chi connectivity index (χ1n) is 6.71. The largest absolute Gasteiger partial charge is 0.391 e. The Hall–Kier alpha value is -1.70. The molecule has 0 saturated carbocycles. The number of β-amino-alcohol motifs (C(OH)–C–C–N with tert-alkyl or cyclic N) is 1. The number of anilines is 1. The third kappa shape index (κ3) is 4.66. The summed E-state index contributed by atoms with van der Waals surface area (Å²) in [7, 11) is 0. The van der Waals surface area contributed by atoms with Crippen molar-refractivity contribution >= 4 is 29.9 Å². The number of hydrogen-bond donors (Lipinski definition) is 4. The van der Waals surface area contributed by atoms with Crippen LogP contribution in [-0.2, 0) is 4.79 Å². The van der Waals surface area contributed by atoms with Crippen LogP contribution in [0.25, 0.3) is 0 Å². The first-order valence-corrected chi connectivity index (χ1v) is 6.71. The second-order valence-corrected chi connectivity index (χ2v) is 5.07. The highest BCUT2D eigenvalue weighted by Crippen LogP contribution is 2.15. The lowest BCUT2D eigenvalue weighted by atomic mass is 10.1. The molecule has 1 saturated heterocycles. The van der Waals surface area contributed by atoms with E-state index in [2.05, 4.69) is 16.0 Å². The summed E-state index contributed by atoms with van der Waals surface area (Å²) in [6.45, 7) is 2.69. The molecule has 1 aliphatic rings. The van der Waals surface area contributed by atoms with Crippen LogP contribution in [0.3, 0.4) is 0 Å². The Labute approximate surface area is 133 Å². The summed E-state index contributed by atoms with van der Waals surface area (Å²) in [5, 5.41) is 17.7. The van der Waals surface area contributed by atoms with Gasteiger partial charge in [0.1, 0.15) is 5.82 Å². The van der Waals surface area contributed by atoms with Crippen LogP contribution >= 0.6 is 12.4 Å². The van der Waals surface area contributed by atoms with Gasteiger partial charge in [-0.3, -0.25) is 9.59 Å². The number of benzene rings is 1. The highest BCUT2D eigenvalue weighted by molar-refractivity contribution is 5.97. The monoisotopic (exact) mass is 331 g/mol. The summed E-state index contributed by atoms with van der Waals surface area (Å²) in [6.07, 6.45) is -0.513. The van der Waals surface area contributed by atoms with Gasteiger partial charge in [-0.25, -0.2) is 4.39 Å². The topological polar surface area (TPSA) is 90.5 Å². The first-order chi connectivity index (χ1) is 9.97. The standard InChI is InChI=1S/C14H18FN3O3.ClH/c1-8(19)18-10-2-3-12(15)11(4-10)14(21)17-6-9-5-16-7-13(9)20;/h2-4,9,13,16,20H,5-7H2,1H3,(H,17,21)(H,18,19);1H. The fraction of sp³-hybridized carbons (Fsp3) is 0.429.